The van der Waals surface area contributed by atoms with E-state index in [4.69, 9.17) is 19.4 Å². The number of hydrogen-bond acceptors (Lipinski definition) is 4. The van der Waals surface area contributed by atoms with Gasteiger partial charge in [0, 0.05) is 63.0 Å². The van der Waals surface area contributed by atoms with Gasteiger partial charge in [0.2, 0.25) is 0 Å². The van der Waals surface area contributed by atoms with E-state index in [1.807, 2.05) is 48.9 Å². The van der Waals surface area contributed by atoms with Gasteiger partial charge in [0.15, 0.2) is 5.58 Å². The molecule has 10 rings (SSSR count). The topological polar surface area (TPSA) is 51.8 Å². The Morgan fingerprint density at radius 2 is 0.800 bits per heavy atom. The van der Waals surface area contributed by atoms with Crippen LogP contribution in [0.15, 0.2) is 193 Å². The summed E-state index contributed by atoms with van der Waals surface area (Å²) in [7, 11) is 0. The van der Waals surface area contributed by atoms with Gasteiger partial charge in [-0.3, -0.25) is 15.0 Å². The molecule has 318 valence electrons. The van der Waals surface area contributed by atoms with E-state index in [2.05, 4.69) is 181 Å². The van der Waals surface area contributed by atoms with Crippen LogP contribution in [0.25, 0.3) is 100.0 Å². The molecule has 0 spiro atoms. The van der Waals surface area contributed by atoms with E-state index < -0.39 is 0 Å². The molecule has 0 bridgehead atoms. The van der Waals surface area contributed by atoms with Gasteiger partial charge >= 0.3 is 0 Å². The summed E-state index contributed by atoms with van der Waals surface area (Å²) in [4.78, 5) is 15.1. The number of benzene rings is 6. The summed E-state index contributed by atoms with van der Waals surface area (Å²) in [6.45, 7) is 13.5. The maximum atomic E-state index is 6.70. The lowest BCUT2D eigenvalue weighted by Gasteiger charge is -2.19. The maximum Gasteiger partial charge on any atom is 0.162 e. The van der Waals surface area contributed by atoms with Crippen molar-refractivity contribution in [2.24, 2.45) is 10.8 Å². The Balaban J connectivity index is 1.18. The van der Waals surface area contributed by atoms with Crippen molar-refractivity contribution in [2.75, 3.05) is 0 Å². The normalized spacial score (nSPS) is 12.0. The summed E-state index contributed by atoms with van der Waals surface area (Å²) in [6.07, 6.45) is 7.95. The van der Waals surface area contributed by atoms with Gasteiger partial charge in [0.25, 0.3) is 0 Å². The molecule has 0 fully saturated rings. The van der Waals surface area contributed by atoms with Gasteiger partial charge in [0.05, 0.1) is 0 Å². The first-order valence-electron chi connectivity index (χ1n) is 22.7. The lowest BCUT2D eigenvalue weighted by atomic mass is 9.86. The number of aromatic nitrogens is 3. The number of para-hydroxylation sites is 1. The molecule has 10 aromatic rings. The minimum absolute atomic E-state index is 0.150. The summed E-state index contributed by atoms with van der Waals surface area (Å²) in [5.74, 6) is 0. The highest BCUT2D eigenvalue weighted by atomic mass is 16.3. The van der Waals surface area contributed by atoms with Gasteiger partial charge in [-0.1, -0.05) is 175 Å². The Morgan fingerprint density at radius 1 is 0.369 bits per heavy atom. The van der Waals surface area contributed by atoms with Crippen molar-refractivity contribution in [1.29, 1.82) is 0 Å². The number of nitrogens with zero attached hydrogens (tertiary/aromatic N) is 3. The zero-order chi connectivity index (χ0) is 44.7. The molecule has 0 aliphatic rings. The monoisotopic (exact) mass is 843 g/mol. The van der Waals surface area contributed by atoms with Gasteiger partial charge in [0.1, 0.15) is 11.3 Å². The van der Waals surface area contributed by atoms with Crippen LogP contribution in [0, 0.1) is 10.8 Å². The van der Waals surface area contributed by atoms with Crippen molar-refractivity contribution in [1.82, 2.24) is 15.0 Å². The number of furan rings is 1. The molecule has 0 saturated carbocycles. The largest absolute Gasteiger partial charge is 0.454 e. The third-order valence-corrected chi connectivity index (χ3v) is 12.1. The second kappa shape index (κ2) is 16.9. The van der Waals surface area contributed by atoms with E-state index in [-0.39, 0.29) is 10.8 Å². The molecule has 0 aliphatic heterocycles. The molecule has 4 nitrogen and oxygen atoms in total. The van der Waals surface area contributed by atoms with Gasteiger partial charge in [-0.15, -0.1) is 0 Å². The highest BCUT2D eigenvalue weighted by Gasteiger charge is 2.22. The lowest BCUT2D eigenvalue weighted by molar-refractivity contribution is 0.406. The zero-order valence-corrected chi connectivity index (χ0v) is 38.1. The fourth-order valence-corrected chi connectivity index (χ4v) is 9.24. The summed E-state index contributed by atoms with van der Waals surface area (Å²) >= 11 is 0. The van der Waals surface area contributed by atoms with E-state index in [1.54, 1.807) is 0 Å². The minimum atomic E-state index is 0.150. The van der Waals surface area contributed by atoms with Gasteiger partial charge < -0.3 is 4.42 Å². The molecule has 0 unspecified atom stereocenters. The first kappa shape index (κ1) is 41.6. The lowest BCUT2D eigenvalue weighted by Crippen LogP contribution is -2.10. The van der Waals surface area contributed by atoms with Crippen LogP contribution >= 0.6 is 0 Å². The van der Waals surface area contributed by atoms with E-state index in [0.717, 1.165) is 124 Å². The molecular weight excluding hydrogens is 791 g/mol. The molecule has 0 atom stereocenters. The number of rotatable bonds is 9. The van der Waals surface area contributed by atoms with Crippen LogP contribution in [-0.4, -0.2) is 15.0 Å². The van der Waals surface area contributed by atoms with Gasteiger partial charge in [-0.05, 0) is 110 Å². The van der Waals surface area contributed by atoms with E-state index in [1.165, 1.54) is 0 Å². The fourth-order valence-electron chi connectivity index (χ4n) is 9.24. The average molecular weight is 844 g/mol. The second-order valence-electron chi connectivity index (χ2n) is 19.7. The minimum Gasteiger partial charge on any atom is -0.454 e. The third kappa shape index (κ3) is 8.65. The molecular formula is C61H53N3O. The highest BCUT2D eigenvalue weighted by Crippen LogP contribution is 2.46. The van der Waals surface area contributed by atoms with Crippen molar-refractivity contribution in [2.45, 2.75) is 54.4 Å². The molecule has 0 saturated heterocycles. The molecule has 4 heteroatoms. The predicted octanol–water partition coefficient (Wildman–Crippen LogP) is 16.6. The first-order chi connectivity index (χ1) is 31.5. The number of pyridine rings is 3. The van der Waals surface area contributed by atoms with Crippen molar-refractivity contribution < 1.29 is 4.42 Å². The van der Waals surface area contributed by atoms with Gasteiger partial charge in [-0.2, -0.15) is 0 Å². The smallest absolute Gasteiger partial charge is 0.162 e. The van der Waals surface area contributed by atoms with Crippen LogP contribution in [0.2, 0.25) is 0 Å². The summed E-state index contributed by atoms with van der Waals surface area (Å²) in [5, 5.41) is 2.12. The standard InChI is InChI=1S/C61H53N3O/c1-60(2,3)35-46-30-28-41(37-62-46)48-20-10-12-22-50(48)43-32-44(51-23-13-11-21-49(51)42-29-31-47(63-38-42)36-61(4,5)6)34-45(33-43)52-24-14-15-25-53(52)55-39-64-58(40-18-8-7-9-19-40)59-57(55)54-26-16-17-27-56(54)65-59/h7-34,37-39H,35-36H2,1-6H3. The predicted molar refractivity (Wildman–Crippen MR) is 271 cm³/mol. The third-order valence-electron chi connectivity index (χ3n) is 12.1. The van der Waals surface area contributed by atoms with Gasteiger partial charge in [-0.25, -0.2) is 0 Å². The molecule has 0 amide bonds. The van der Waals surface area contributed by atoms with Crippen molar-refractivity contribution >= 4 is 21.9 Å². The van der Waals surface area contributed by atoms with Crippen LogP contribution < -0.4 is 0 Å². The SMILES string of the molecule is CC(C)(C)Cc1ccc(-c2ccccc2-c2cc(-c3ccccc3-c3ccc(CC(C)(C)C)nc3)cc(-c3ccccc3-c3cnc(-c4ccccc4)c4oc5ccccc5c34)c2)cn1. The summed E-state index contributed by atoms with van der Waals surface area (Å²) in [6, 6.07) is 60.7. The summed E-state index contributed by atoms with van der Waals surface area (Å²) < 4.78 is 6.70. The Morgan fingerprint density at radius 3 is 1.28 bits per heavy atom. The molecule has 4 heterocycles. The van der Waals surface area contributed by atoms with Crippen LogP contribution in [0.4, 0.5) is 0 Å². The van der Waals surface area contributed by atoms with Crippen LogP contribution in [-0.2, 0) is 12.8 Å². The van der Waals surface area contributed by atoms with Crippen molar-refractivity contribution in [3.05, 3.63) is 200 Å². The molecule has 0 aliphatic carbocycles. The number of fused-ring (bicyclic) bond motifs is 3. The second-order valence-corrected chi connectivity index (χ2v) is 19.7. The Bertz CT molecular complexity index is 3190. The van der Waals surface area contributed by atoms with E-state index >= 15 is 0 Å². The zero-order valence-electron chi connectivity index (χ0n) is 38.1. The Kier molecular flexibility index (Phi) is 10.8. The van der Waals surface area contributed by atoms with Crippen LogP contribution in [0.5, 0.6) is 0 Å². The molecule has 65 heavy (non-hydrogen) atoms. The van der Waals surface area contributed by atoms with E-state index in [9.17, 15) is 0 Å². The Hall–Kier alpha value is -7.43. The quantitative estimate of drug-likeness (QED) is 0.145. The summed E-state index contributed by atoms with van der Waals surface area (Å²) in [5.41, 5.74) is 19.2. The number of hydrogen-bond donors (Lipinski definition) is 0. The van der Waals surface area contributed by atoms with E-state index in [0.29, 0.717) is 0 Å². The molecule has 6 aromatic carbocycles. The maximum absolute atomic E-state index is 6.70. The fraction of sp³-hybridized carbons (Fsp3) is 0.164. The molecule has 0 radical (unpaired) electrons. The molecule has 0 N–H and O–H groups in total. The Labute approximate surface area is 382 Å². The average Bonchev–Trinajstić information content (AvgIpc) is 3.71. The van der Waals surface area contributed by atoms with Crippen LogP contribution in [0.1, 0.15) is 52.9 Å². The van der Waals surface area contributed by atoms with Crippen molar-refractivity contribution in [3.8, 4) is 78.0 Å². The van der Waals surface area contributed by atoms with Crippen LogP contribution in [0.3, 0.4) is 0 Å². The first-order valence-corrected chi connectivity index (χ1v) is 22.7. The highest BCUT2D eigenvalue weighted by molar-refractivity contribution is 6.16. The van der Waals surface area contributed by atoms with Crippen molar-refractivity contribution in [3.63, 3.8) is 0 Å². The molecule has 4 aromatic heterocycles.